The van der Waals surface area contributed by atoms with Gasteiger partial charge in [0.15, 0.2) is 5.78 Å². The lowest BCUT2D eigenvalue weighted by molar-refractivity contribution is 0.0996. The van der Waals surface area contributed by atoms with Crippen LogP contribution in [0.2, 0.25) is 0 Å². The third-order valence-electron chi connectivity index (χ3n) is 3.90. The van der Waals surface area contributed by atoms with Gasteiger partial charge in [0.1, 0.15) is 5.01 Å². The summed E-state index contributed by atoms with van der Waals surface area (Å²) < 4.78 is 0. The normalized spacial score (nSPS) is 15.0. The molecule has 0 atom stereocenters. The minimum Gasteiger partial charge on any atom is -0.293 e. The number of hydrogen-bond acceptors (Lipinski definition) is 4. The van der Waals surface area contributed by atoms with Crippen molar-refractivity contribution in [3.8, 4) is 0 Å². The molecule has 0 bridgehead atoms. The molecule has 3 rings (SSSR count). The van der Waals surface area contributed by atoms with Gasteiger partial charge in [0.05, 0.1) is 17.0 Å². The van der Waals surface area contributed by atoms with Crippen molar-refractivity contribution in [1.29, 1.82) is 0 Å². The maximum absolute atomic E-state index is 12.5. The largest absolute Gasteiger partial charge is 0.293 e. The van der Waals surface area contributed by atoms with E-state index in [0.717, 1.165) is 28.4 Å². The van der Waals surface area contributed by atoms with Gasteiger partial charge >= 0.3 is 0 Å². The highest BCUT2D eigenvalue weighted by atomic mass is 32.1. The highest BCUT2D eigenvalue weighted by Crippen LogP contribution is 2.31. The van der Waals surface area contributed by atoms with E-state index in [4.69, 9.17) is 0 Å². The first kappa shape index (κ1) is 14.9. The summed E-state index contributed by atoms with van der Waals surface area (Å²) in [6.45, 7) is 6.46. The van der Waals surface area contributed by atoms with Crippen LogP contribution in [0.15, 0.2) is 11.4 Å². The van der Waals surface area contributed by atoms with Gasteiger partial charge in [-0.05, 0) is 37.3 Å². The van der Waals surface area contributed by atoms with Crippen molar-refractivity contribution >= 4 is 28.5 Å². The fraction of sp³-hybridized carbons (Fsp3) is 0.529. The summed E-state index contributed by atoms with van der Waals surface area (Å²) in [6.07, 6.45) is 5.27. The summed E-state index contributed by atoms with van der Waals surface area (Å²) in [5.41, 5.74) is 2.55. The molecule has 2 aromatic heterocycles. The van der Waals surface area contributed by atoms with Gasteiger partial charge < -0.3 is 0 Å². The number of rotatable bonds is 3. The zero-order chi connectivity index (χ0) is 15.0. The minimum absolute atomic E-state index is 0.0554. The lowest BCUT2D eigenvalue weighted by Gasteiger charge is -2.14. The molecule has 1 aliphatic rings. The Morgan fingerprint density at radius 2 is 2.05 bits per heavy atom. The van der Waals surface area contributed by atoms with Crippen molar-refractivity contribution < 1.29 is 4.79 Å². The Hall–Kier alpha value is -1.00. The van der Waals surface area contributed by atoms with Crippen molar-refractivity contribution in [2.45, 2.75) is 58.3 Å². The lowest BCUT2D eigenvalue weighted by Crippen LogP contribution is -2.12. The highest BCUT2D eigenvalue weighted by Gasteiger charge is 2.21. The van der Waals surface area contributed by atoms with Crippen LogP contribution < -0.4 is 0 Å². The van der Waals surface area contributed by atoms with E-state index in [0.29, 0.717) is 6.42 Å². The Kier molecular flexibility index (Phi) is 4.02. The third-order valence-corrected chi connectivity index (χ3v) is 6.03. The number of ketones is 1. The fourth-order valence-corrected chi connectivity index (χ4v) is 4.80. The Morgan fingerprint density at radius 3 is 2.71 bits per heavy atom. The van der Waals surface area contributed by atoms with Crippen LogP contribution in [0.3, 0.4) is 0 Å². The average molecular weight is 319 g/mol. The second-order valence-electron chi connectivity index (χ2n) is 6.74. The molecule has 0 saturated heterocycles. The summed E-state index contributed by atoms with van der Waals surface area (Å²) in [6, 6.07) is 2.12. The van der Waals surface area contributed by atoms with Crippen LogP contribution >= 0.6 is 22.7 Å². The topological polar surface area (TPSA) is 30.0 Å². The lowest BCUT2D eigenvalue weighted by atomic mass is 9.93. The monoisotopic (exact) mass is 319 g/mol. The first-order valence-electron chi connectivity index (χ1n) is 7.53. The molecular weight excluding hydrogens is 298 g/mol. The number of Topliss-reactive ketones (excluding diaryl/α,β-unsaturated/α-hetero) is 1. The average Bonchev–Trinajstić information content (AvgIpc) is 3.03. The molecule has 2 heterocycles. The van der Waals surface area contributed by atoms with E-state index in [-0.39, 0.29) is 11.2 Å². The molecule has 0 spiro atoms. The standard InChI is InChI=1S/C17H21NOS2/c1-17(2,3)15-10-20-16(18-15)9-12(19)14-8-11-6-4-5-7-13(11)21-14/h8,10H,4-7,9H2,1-3H3. The molecule has 4 heteroatoms. The van der Waals surface area contributed by atoms with Gasteiger partial charge in [-0.1, -0.05) is 20.8 Å². The Morgan fingerprint density at radius 1 is 1.29 bits per heavy atom. The number of fused-ring (bicyclic) bond motifs is 1. The number of nitrogens with zero attached hydrogens (tertiary/aromatic N) is 1. The van der Waals surface area contributed by atoms with Crippen LogP contribution in [0.25, 0.3) is 0 Å². The first-order chi connectivity index (χ1) is 9.93. The quantitative estimate of drug-likeness (QED) is 0.760. The van der Waals surface area contributed by atoms with E-state index in [2.05, 4.69) is 37.2 Å². The SMILES string of the molecule is CC(C)(C)c1csc(CC(=O)c2cc3c(s2)CCCC3)n1. The second kappa shape index (κ2) is 5.65. The van der Waals surface area contributed by atoms with Gasteiger partial charge in [0.2, 0.25) is 0 Å². The molecular formula is C17H21NOS2. The van der Waals surface area contributed by atoms with Gasteiger partial charge in [-0.3, -0.25) is 4.79 Å². The Bertz CT molecular complexity index is 637. The van der Waals surface area contributed by atoms with Crippen LogP contribution in [0.5, 0.6) is 0 Å². The molecule has 0 aliphatic heterocycles. The first-order valence-corrected chi connectivity index (χ1v) is 9.23. The van der Waals surface area contributed by atoms with Crippen LogP contribution in [0, 0.1) is 0 Å². The second-order valence-corrected chi connectivity index (χ2v) is 8.82. The van der Waals surface area contributed by atoms with Gasteiger partial charge in [0, 0.05) is 15.7 Å². The molecule has 0 radical (unpaired) electrons. The molecule has 2 nitrogen and oxygen atoms in total. The Labute approximate surface area is 134 Å². The van der Waals surface area contributed by atoms with E-state index >= 15 is 0 Å². The zero-order valence-corrected chi connectivity index (χ0v) is 14.5. The van der Waals surface area contributed by atoms with Crippen molar-refractivity contribution in [2.75, 3.05) is 0 Å². The van der Waals surface area contributed by atoms with E-state index in [1.807, 2.05) is 0 Å². The van der Waals surface area contributed by atoms with Gasteiger partial charge in [-0.25, -0.2) is 4.98 Å². The molecule has 0 aromatic carbocycles. The van der Waals surface area contributed by atoms with Crippen LogP contribution in [-0.4, -0.2) is 10.8 Å². The molecule has 0 unspecified atom stereocenters. The maximum atomic E-state index is 12.5. The predicted octanol–water partition coefficient (Wildman–Crippen LogP) is 4.81. The summed E-state index contributed by atoms with van der Waals surface area (Å²) >= 11 is 3.31. The summed E-state index contributed by atoms with van der Waals surface area (Å²) in [5, 5.41) is 3.03. The van der Waals surface area contributed by atoms with E-state index < -0.39 is 0 Å². The number of hydrogen-bond donors (Lipinski definition) is 0. The molecule has 21 heavy (non-hydrogen) atoms. The molecule has 0 amide bonds. The smallest absolute Gasteiger partial charge is 0.179 e. The zero-order valence-electron chi connectivity index (χ0n) is 12.9. The van der Waals surface area contributed by atoms with Crippen LogP contribution in [-0.2, 0) is 24.7 Å². The van der Waals surface area contributed by atoms with Gasteiger partial charge in [-0.2, -0.15) is 0 Å². The van der Waals surface area contributed by atoms with Crippen molar-refractivity contribution in [3.63, 3.8) is 0 Å². The molecule has 0 fully saturated rings. The summed E-state index contributed by atoms with van der Waals surface area (Å²) in [5.74, 6) is 0.226. The number of carbonyl (C=O) groups is 1. The molecule has 2 aromatic rings. The minimum atomic E-state index is 0.0554. The van der Waals surface area contributed by atoms with Crippen molar-refractivity contribution in [1.82, 2.24) is 4.98 Å². The summed E-state index contributed by atoms with van der Waals surface area (Å²) in [7, 11) is 0. The van der Waals surface area contributed by atoms with E-state index in [9.17, 15) is 4.79 Å². The molecule has 112 valence electrons. The molecule has 0 N–H and O–H groups in total. The molecule has 1 aliphatic carbocycles. The predicted molar refractivity (Wildman–Crippen MR) is 89.8 cm³/mol. The van der Waals surface area contributed by atoms with Crippen LogP contribution in [0.1, 0.15) is 64.4 Å². The number of aromatic nitrogens is 1. The number of aryl methyl sites for hydroxylation is 2. The van der Waals surface area contributed by atoms with Crippen molar-refractivity contribution in [2.24, 2.45) is 0 Å². The van der Waals surface area contributed by atoms with Gasteiger partial charge in [0.25, 0.3) is 0 Å². The molecule has 0 saturated carbocycles. The van der Waals surface area contributed by atoms with E-state index in [1.165, 1.54) is 23.3 Å². The van der Waals surface area contributed by atoms with Crippen molar-refractivity contribution in [3.05, 3.63) is 37.5 Å². The number of thiophene rings is 1. The fourth-order valence-electron chi connectivity index (χ4n) is 2.59. The maximum Gasteiger partial charge on any atom is 0.179 e. The van der Waals surface area contributed by atoms with Gasteiger partial charge in [-0.15, -0.1) is 22.7 Å². The number of carbonyl (C=O) groups excluding carboxylic acids is 1. The summed E-state index contributed by atoms with van der Waals surface area (Å²) in [4.78, 5) is 19.5. The van der Waals surface area contributed by atoms with Crippen LogP contribution in [0.4, 0.5) is 0 Å². The highest BCUT2D eigenvalue weighted by molar-refractivity contribution is 7.14. The Balaban J connectivity index is 1.74. The van der Waals surface area contributed by atoms with E-state index in [1.54, 1.807) is 22.7 Å². The third kappa shape index (κ3) is 3.27. The number of thiazole rings is 1.